The summed E-state index contributed by atoms with van der Waals surface area (Å²) >= 11 is 1.33. The number of nitrogens with one attached hydrogen (secondary N) is 1. The Bertz CT molecular complexity index is 939. The Morgan fingerprint density at radius 2 is 2.04 bits per heavy atom. The van der Waals surface area contributed by atoms with E-state index in [4.69, 9.17) is 0 Å². The largest absolute Gasteiger partial charge is 0.326 e. The van der Waals surface area contributed by atoms with Gasteiger partial charge in [0.05, 0.1) is 5.69 Å². The van der Waals surface area contributed by atoms with E-state index in [9.17, 15) is 9.59 Å². The first-order valence-corrected chi connectivity index (χ1v) is 9.95. The number of amides is 2. The Balaban J connectivity index is 1.75. The highest BCUT2D eigenvalue weighted by Gasteiger charge is 2.38. The monoisotopic (exact) mass is 393 g/mol. The number of hydrogen-bond acceptors (Lipinski definition) is 4. The van der Waals surface area contributed by atoms with Gasteiger partial charge in [-0.25, -0.2) is 4.99 Å². The summed E-state index contributed by atoms with van der Waals surface area (Å²) in [5.74, 6) is -0.299. The van der Waals surface area contributed by atoms with Gasteiger partial charge < -0.3 is 5.32 Å². The number of aliphatic imine (C=N–C) groups is 1. The number of rotatable bonds is 6. The second kappa shape index (κ2) is 8.89. The number of anilines is 1. The summed E-state index contributed by atoms with van der Waals surface area (Å²) in [4.78, 5) is 31.5. The first kappa shape index (κ1) is 19.9. The minimum Gasteiger partial charge on any atom is -0.326 e. The highest BCUT2D eigenvalue weighted by molar-refractivity contribution is 8.15. The standard InChI is InChI=1S/C22H23N3O2S/c1-4-12-25-21(27)19(14-20(26)24-18-11-6-5-9-16(18)3)28-22(25)23-17-10-7-8-15(2)13-17/h4-11,13,19H,1,12,14H2,2-3H3,(H,24,26)/t19-/m0/s1. The van der Waals surface area contributed by atoms with E-state index in [1.54, 1.807) is 11.0 Å². The van der Waals surface area contributed by atoms with Crippen molar-refractivity contribution >= 4 is 40.1 Å². The summed E-state index contributed by atoms with van der Waals surface area (Å²) in [6.45, 7) is 8.03. The molecule has 3 rings (SSSR count). The van der Waals surface area contributed by atoms with Crippen LogP contribution in [0.3, 0.4) is 0 Å². The third-order valence-corrected chi connectivity index (χ3v) is 5.52. The van der Waals surface area contributed by atoms with Crippen molar-refractivity contribution in [1.29, 1.82) is 0 Å². The molecule has 5 nitrogen and oxygen atoms in total. The molecule has 0 saturated carbocycles. The van der Waals surface area contributed by atoms with Gasteiger partial charge in [0.1, 0.15) is 5.25 Å². The minimum atomic E-state index is -0.493. The minimum absolute atomic E-state index is 0.0956. The van der Waals surface area contributed by atoms with Crippen LogP contribution in [-0.2, 0) is 9.59 Å². The average molecular weight is 394 g/mol. The van der Waals surface area contributed by atoms with E-state index in [-0.39, 0.29) is 18.2 Å². The van der Waals surface area contributed by atoms with Crippen molar-refractivity contribution in [3.63, 3.8) is 0 Å². The van der Waals surface area contributed by atoms with Crippen LogP contribution in [0.25, 0.3) is 0 Å². The maximum absolute atomic E-state index is 12.8. The van der Waals surface area contributed by atoms with Gasteiger partial charge in [-0.05, 0) is 43.2 Å². The van der Waals surface area contributed by atoms with Crippen molar-refractivity contribution < 1.29 is 9.59 Å². The van der Waals surface area contributed by atoms with Crippen molar-refractivity contribution in [3.05, 3.63) is 72.3 Å². The molecule has 0 spiro atoms. The molecule has 1 aliphatic heterocycles. The van der Waals surface area contributed by atoms with Crippen LogP contribution in [-0.4, -0.2) is 33.7 Å². The molecule has 2 aromatic rings. The maximum atomic E-state index is 12.8. The molecule has 2 aromatic carbocycles. The molecule has 1 saturated heterocycles. The van der Waals surface area contributed by atoms with Crippen molar-refractivity contribution in [2.45, 2.75) is 25.5 Å². The topological polar surface area (TPSA) is 61.8 Å². The van der Waals surface area contributed by atoms with Gasteiger partial charge in [0.25, 0.3) is 0 Å². The smallest absolute Gasteiger partial charge is 0.242 e. The van der Waals surface area contributed by atoms with Crippen LogP contribution in [0, 0.1) is 13.8 Å². The number of nitrogens with zero attached hydrogens (tertiary/aromatic N) is 2. The second-order valence-electron chi connectivity index (χ2n) is 6.64. The van der Waals surface area contributed by atoms with Crippen LogP contribution in [0.5, 0.6) is 0 Å². The van der Waals surface area contributed by atoms with Crippen LogP contribution in [0.15, 0.2) is 66.2 Å². The molecule has 2 amide bonds. The van der Waals surface area contributed by atoms with E-state index in [1.807, 2.05) is 62.4 Å². The highest BCUT2D eigenvalue weighted by Crippen LogP contribution is 2.32. The van der Waals surface area contributed by atoms with Gasteiger partial charge in [0.15, 0.2) is 5.17 Å². The van der Waals surface area contributed by atoms with Crippen LogP contribution >= 0.6 is 11.8 Å². The number of aryl methyl sites for hydroxylation is 2. The fourth-order valence-electron chi connectivity index (χ4n) is 2.91. The van der Waals surface area contributed by atoms with Gasteiger partial charge in [0.2, 0.25) is 11.8 Å². The Labute approximate surface area is 169 Å². The molecule has 0 aliphatic carbocycles. The fraction of sp³-hybridized carbons (Fsp3) is 0.227. The quantitative estimate of drug-likeness (QED) is 0.738. The third-order valence-electron chi connectivity index (χ3n) is 4.35. The van der Waals surface area contributed by atoms with Crippen molar-refractivity contribution in [1.82, 2.24) is 4.90 Å². The van der Waals surface area contributed by atoms with E-state index in [0.717, 1.165) is 22.5 Å². The van der Waals surface area contributed by atoms with E-state index < -0.39 is 5.25 Å². The first-order valence-electron chi connectivity index (χ1n) is 9.07. The number of thioether (sulfide) groups is 1. The van der Waals surface area contributed by atoms with Gasteiger partial charge in [-0.2, -0.15) is 0 Å². The summed E-state index contributed by atoms with van der Waals surface area (Å²) in [5, 5.41) is 3.00. The number of benzene rings is 2. The van der Waals surface area contributed by atoms with E-state index in [1.165, 1.54) is 11.8 Å². The second-order valence-corrected chi connectivity index (χ2v) is 7.81. The average Bonchev–Trinajstić information content (AvgIpc) is 2.93. The molecular weight excluding hydrogens is 370 g/mol. The molecular formula is C22H23N3O2S. The molecule has 28 heavy (non-hydrogen) atoms. The molecule has 0 radical (unpaired) electrons. The fourth-order valence-corrected chi connectivity index (χ4v) is 4.08. The van der Waals surface area contributed by atoms with Crippen molar-refractivity contribution in [2.24, 2.45) is 4.99 Å². The van der Waals surface area contributed by atoms with E-state index >= 15 is 0 Å². The highest BCUT2D eigenvalue weighted by atomic mass is 32.2. The molecule has 1 N–H and O–H groups in total. The molecule has 144 valence electrons. The van der Waals surface area contributed by atoms with Gasteiger partial charge in [-0.3, -0.25) is 14.5 Å². The van der Waals surface area contributed by atoms with E-state index in [0.29, 0.717) is 11.7 Å². The summed E-state index contributed by atoms with van der Waals surface area (Å²) in [6.07, 6.45) is 1.76. The van der Waals surface area contributed by atoms with Crippen LogP contribution in [0.4, 0.5) is 11.4 Å². The Morgan fingerprint density at radius 3 is 2.75 bits per heavy atom. The number of para-hydroxylation sites is 1. The summed E-state index contributed by atoms with van der Waals surface area (Å²) in [7, 11) is 0. The van der Waals surface area contributed by atoms with Crippen LogP contribution < -0.4 is 5.32 Å². The number of carbonyl (C=O) groups excluding carboxylic acids is 2. The molecule has 0 aromatic heterocycles. The third kappa shape index (κ3) is 4.70. The predicted octanol–water partition coefficient (Wildman–Crippen LogP) is 4.45. The van der Waals surface area contributed by atoms with Gasteiger partial charge in [0, 0.05) is 18.7 Å². The lowest BCUT2D eigenvalue weighted by atomic mass is 10.2. The molecule has 1 heterocycles. The number of amidine groups is 1. The Morgan fingerprint density at radius 1 is 1.25 bits per heavy atom. The van der Waals surface area contributed by atoms with Crippen molar-refractivity contribution in [3.8, 4) is 0 Å². The predicted molar refractivity (Wildman–Crippen MR) is 116 cm³/mol. The molecule has 1 aliphatic rings. The molecule has 1 atom stereocenters. The van der Waals surface area contributed by atoms with Gasteiger partial charge >= 0.3 is 0 Å². The zero-order valence-corrected chi connectivity index (χ0v) is 16.8. The van der Waals surface area contributed by atoms with E-state index in [2.05, 4.69) is 16.9 Å². The lowest BCUT2D eigenvalue weighted by molar-refractivity contribution is -0.127. The SMILES string of the molecule is C=CCN1C(=O)[C@H](CC(=O)Nc2ccccc2C)SC1=Nc1cccc(C)c1. The lowest BCUT2D eigenvalue weighted by Gasteiger charge is -2.14. The zero-order valence-electron chi connectivity index (χ0n) is 16.0. The zero-order chi connectivity index (χ0) is 20.1. The van der Waals surface area contributed by atoms with Gasteiger partial charge in [-0.1, -0.05) is 48.2 Å². The summed E-state index contributed by atoms with van der Waals surface area (Å²) in [5.41, 5.74) is 3.63. The summed E-state index contributed by atoms with van der Waals surface area (Å²) in [6, 6.07) is 15.4. The maximum Gasteiger partial charge on any atom is 0.242 e. The first-order chi connectivity index (χ1) is 13.5. The number of hydrogen-bond donors (Lipinski definition) is 1. The Hall–Kier alpha value is -2.86. The van der Waals surface area contributed by atoms with Crippen LogP contribution in [0.1, 0.15) is 17.5 Å². The number of carbonyl (C=O) groups is 2. The molecule has 6 heteroatoms. The molecule has 1 fully saturated rings. The van der Waals surface area contributed by atoms with Crippen molar-refractivity contribution in [2.75, 3.05) is 11.9 Å². The summed E-state index contributed by atoms with van der Waals surface area (Å²) < 4.78 is 0. The molecule has 0 bridgehead atoms. The van der Waals surface area contributed by atoms with Gasteiger partial charge in [-0.15, -0.1) is 6.58 Å². The normalized spacial score (nSPS) is 17.8. The lowest BCUT2D eigenvalue weighted by Crippen LogP contribution is -2.33. The van der Waals surface area contributed by atoms with Crippen LogP contribution in [0.2, 0.25) is 0 Å². The molecule has 0 unspecified atom stereocenters. The Kier molecular flexibility index (Phi) is 6.31.